The molecule has 0 aromatic rings. The van der Waals surface area contributed by atoms with Crippen molar-refractivity contribution in [3.05, 3.63) is 23.9 Å². The Hall–Kier alpha value is -1.25. The van der Waals surface area contributed by atoms with Gasteiger partial charge in [0.1, 0.15) is 5.84 Å². The van der Waals surface area contributed by atoms with E-state index in [9.17, 15) is 0 Å². The Morgan fingerprint density at radius 2 is 1.80 bits per heavy atom. The molecule has 3 nitrogen and oxygen atoms in total. The van der Waals surface area contributed by atoms with Crippen molar-refractivity contribution in [1.29, 1.82) is 0 Å². The molecule has 2 heterocycles. The summed E-state index contributed by atoms with van der Waals surface area (Å²) in [6.45, 7) is 12.0. The van der Waals surface area contributed by atoms with Gasteiger partial charge in [-0.05, 0) is 31.6 Å². The van der Waals surface area contributed by atoms with Gasteiger partial charge in [-0.15, -0.1) is 0 Å². The highest BCUT2D eigenvalue weighted by Gasteiger charge is 2.20. The fraction of sp³-hybridized carbons (Fsp3) is 0.583. The molecule has 3 heteroatoms. The first-order chi connectivity index (χ1) is 7.25. The van der Waals surface area contributed by atoms with Crippen LogP contribution in [0.4, 0.5) is 0 Å². The van der Waals surface area contributed by atoms with Crippen LogP contribution in [0.2, 0.25) is 0 Å². The Morgan fingerprint density at radius 3 is 2.40 bits per heavy atom. The second kappa shape index (κ2) is 7.10. The van der Waals surface area contributed by atoms with Crippen molar-refractivity contribution in [2.75, 3.05) is 0 Å². The van der Waals surface area contributed by atoms with E-state index < -0.39 is 0 Å². The van der Waals surface area contributed by atoms with E-state index in [0.717, 1.165) is 5.84 Å². The Balaban J connectivity index is 0.000000442. The molecule has 0 amide bonds. The highest BCUT2D eigenvalue weighted by atomic mass is 15.6. The third kappa shape index (κ3) is 3.78. The molecule has 0 fully saturated rings. The molecule has 86 valence electrons. The third-order valence-corrected chi connectivity index (χ3v) is 1.81. The molecule has 2 aliphatic heterocycles. The predicted octanol–water partition coefficient (Wildman–Crippen LogP) is 3.08. The minimum absolute atomic E-state index is 0.181. The minimum atomic E-state index is 0.181. The number of hydrazine groups is 1. The van der Waals surface area contributed by atoms with Gasteiger partial charge in [-0.3, -0.25) is 10.4 Å². The van der Waals surface area contributed by atoms with Gasteiger partial charge in [0.05, 0.1) is 0 Å². The maximum atomic E-state index is 4.36. The largest absolute Gasteiger partial charge is 0.284 e. The van der Waals surface area contributed by atoms with Gasteiger partial charge in [0.25, 0.3) is 0 Å². The van der Waals surface area contributed by atoms with Crippen molar-refractivity contribution in [3.63, 3.8) is 0 Å². The zero-order chi connectivity index (χ0) is 11.8. The first kappa shape index (κ1) is 13.8. The number of amidine groups is 1. The first-order valence-corrected chi connectivity index (χ1v) is 5.72. The van der Waals surface area contributed by atoms with Gasteiger partial charge in [-0.2, -0.15) is 0 Å². The van der Waals surface area contributed by atoms with E-state index in [1.54, 1.807) is 0 Å². The number of allylic oxidation sites excluding steroid dienone is 2. The summed E-state index contributed by atoms with van der Waals surface area (Å²) in [6, 6.07) is 0. The molecule has 0 saturated carbocycles. The maximum absolute atomic E-state index is 4.36. The average Bonchev–Trinajstić information content (AvgIpc) is 2.63. The molecule has 0 aromatic carbocycles. The van der Waals surface area contributed by atoms with Crippen molar-refractivity contribution < 1.29 is 0 Å². The monoisotopic (exact) mass is 209 g/mol. The zero-order valence-corrected chi connectivity index (χ0v) is 10.7. The second-order valence-corrected chi connectivity index (χ2v) is 2.87. The lowest BCUT2D eigenvalue weighted by Gasteiger charge is -2.21. The van der Waals surface area contributed by atoms with Gasteiger partial charge < -0.3 is 0 Å². The molecule has 2 rings (SSSR count). The fourth-order valence-electron chi connectivity index (χ4n) is 1.27. The SMILES string of the molecule is CC.CC.CC1=CC2N=C(C)NN2C=C1. The van der Waals surface area contributed by atoms with Gasteiger partial charge in [-0.1, -0.05) is 27.7 Å². The Labute approximate surface area is 93.5 Å². The summed E-state index contributed by atoms with van der Waals surface area (Å²) in [5.74, 6) is 0.977. The van der Waals surface area contributed by atoms with Gasteiger partial charge in [0, 0.05) is 6.20 Å². The number of nitrogens with zero attached hydrogens (tertiary/aromatic N) is 2. The summed E-state index contributed by atoms with van der Waals surface area (Å²) in [5, 5.41) is 1.99. The van der Waals surface area contributed by atoms with E-state index in [4.69, 9.17) is 0 Å². The molecule has 0 spiro atoms. The Morgan fingerprint density at radius 1 is 1.20 bits per heavy atom. The van der Waals surface area contributed by atoms with Crippen molar-refractivity contribution in [1.82, 2.24) is 10.4 Å². The highest BCUT2D eigenvalue weighted by molar-refractivity contribution is 5.81. The number of rotatable bonds is 0. The lowest BCUT2D eigenvalue weighted by atomic mass is 10.2. The maximum Gasteiger partial charge on any atom is 0.160 e. The molecule has 0 saturated heterocycles. The number of hydrogen-bond donors (Lipinski definition) is 1. The number of aliphatic imine (C=N–C) groups is 1. The molecule has 0 bridgehead atoms. The van der Waals surface area contributed by atoms with Crippen LogP contribution in [0.5, 0.6) is 0 Å². The standard InChI is InChI=1S/C8H11N3.2C2H6/c1-6-3-4-11-8(5-6)9-7(2)10-11;2*1-2/h3-5,8H,1-2H3,(H,9,10);2*1-2H3. The van der Waals surface area contributed by atoms with E-state index in [2.05, 4.69) is 29.5 Å². The highest BCUT2D eigenvalue weighted by Crippen LogP contribution is 2.15. The quantitative estimate of drug-likeness (QED) is 0.664. The van der Waals surface area contributed by atoms with Crippen LogP contribution in [0.1, 0.15) is 41.5 Å². The van der Waals surface area contributed by atoms with Crippen LogP contribution in [-0.4, -0.2) is 17.0 Å². The van der Waals surface area contributed by atoms with E-state index in [1.165, 1.54) is 5.57 Å². The van der Waals surface area contributed by atoms with Crippen LogP contribution in [-0.2, 0) is 0 Å². The molecule has 1 atom stereocenters. The van der Waals surface area contributed by atoms with Crippen molar-refractivity contribution >= 4 is 5.84 Å². The lowest BCUT2D eigenvalue weighted by Crippen LogP contribution is -2.36. The van der Waals surface area contributed by atoms with Crippen LogP contribution in [0, 0.1) is 0 Å². The summed E-state index contributed by atoms with van der Waals surface area (Å²) < 4.78 is 0. The second-order valence-electron chi connectivity index (χ2n) is 2.87. The average molecular weight is 209 g/mol. The van der Waals surface area contributed by atoms with Gasteiger partial charge in [0.15, 0.2) is 6.17 Å². The molecule has 0 aromatic heterocycles. The van der Waals surface area contributed by atoms with Crippen molar-refractivity contribution in [2.24, 2.45) is 4.99 Å². The predicted molar refractivity (Wildman–Crippen MR) is 67.5 cm³/mol. The summed E-state index contributed by atoms with van der Waals surface area (Å²) in [7, 11) is 0. The Kier molecular flexibility index (Phi) is 6.50. The molecule has 0 aliphatic carbocycles. The summed E-state index contributed by atoms with van der Waals surface area (Å²) >= 11 is 0. The van der Waals surface area contributed by atoms with Crippen LogP contribution < -0.4 is 5.43 Å². The molecule has 15 heavy (non-hydrogen) atoms. The first-order valence-electron chi connectivity index (χ1n) is 5.72. The molecular formula is C12H23N3. The van der Waals surface area contributed by atoms with E-state index >= 15 is 0 Å². The van der Waals surface area contributed by atoms with Crippen molar-refractivity contribution in [3.8, 4) is 0 Å². The minimum Gasteiger partial charge on any atom is -0.284 e. The smallest absolute Gasteiger partial charge is 0.160 e. The molecule has 2 aliphatic rings. The molecular weight excluding hydrogens is 186 g/mol. The van der Waals surface area contributed by atoms with Gasteiger partial charge >= 0.3 is 0 Å². The summed E-state index contributed by atoms with van der Waals surface area (Å²) in [6.07, 6.45) is 6.39. The van der Waals surface area contributed by atoms with Crippen LogP contribution in [0.25, 0.3) is 0 Å². The van der Waals surface area contributed by atoms with E-state index in [-0.39, 0.29) is 6.17 Å². The zero-order valence-electron chi connectivity index (χ0n) is 10.7. The van der Waals surface area contributed by atoms with Crippen LogP contribution >= 0.6 is 0 Å². The normalized spacial score (nSPS) is 20.9. The van der Waals surface area contributed by atoms with E-state index in [0.29, 0.717) is 0 Å². The topological polar surface area (TPSA) is 27.6 Å². The van der Waals surface area contributed by atoms with Crippen LogP contribution in [0.3, 0.4) is 0 Å². The van der Waals surface area contributed by atoms with E-state index in [1.807, 2.05) is 45.8 Å². The summed E-state index contributed by atoms with van der Waals surface area (Å²) in [4.78, 5) is 4.36. The molecule has 1 N–H and O–H groups in total. The van der Waals surface area contributed by atoms with Crippen molar-refractivity contribution in [2.45, 2.75) is 47.7 Å². The third-order valence-electron chi connectivity index (χ3n) is 1.81. The number of fused-ring (bicyclic) bond motifs is 1. The summed E-state index contributed by atoms with van der Waals surface area (Å²) in [5.41, 5.74) is 4.40. The molecule has 1 unspecified atom stereocenters. The number of nitrogens with one attached hydrogen (secondary N) is 1. The molecule has 0 radical (unpaired) electrons. The Bertz CT molecular complexity index is 264. The lowest BCUT2D eigenvalue weighted by molar-refractivity contribution is 0.312. The van der Waals surface area contributed by atoms with Crippen LogP contribution in [0.15, 0.2) is 28.9 Å². The number of hydrogen-bond acceptors (Lipinski definition) is 3. The van der Waals surface area contributed by atoms with Gasteiger partial charge in [-0.25, -0.2) is 4.99 Å². The van der Waals surface area contributed by atoms with Gasteiger partial charge in [0.2, 0.25) is 0 Å². The fourth-order valence-corrected chi connectivity index (χ4v) is 1.27.